The van der Waals surface area contributed by atoms with Crippen LogP contribution in [0, 0.1) is 6.92 Å². The summed E-state index contributed by atoms with van der Waals surface area (Å²) in [5.74, 6) is 0.341. The molecule has 1 amide bonds. The van der Waals surface area contributed by atoms with Crippen LogP contribution in [-0.4, -0.2) is 28.5 Å². The lowest BCUT2D eigenvalue weighted by molar-refractivity contribution is 0.0601. The minimum Gasteiger partial charge on any atom is -0.465 e. The van der Waals surface area contributed by atoms with Gasteiger partial charge in [0.2, 0.25) is 0 Å². The molecule has 0 saturated carbocycles. The van der Waals surface area contributed by atoms with Crippen molar-refractivity contribution in [2.75, 3.05) is 12.4 Å². The minimum atomic E-state index is -0.384. The third-order valence-electron chi connectivity index (χ3n) is 5.28. The molecular weight excluding hydrogens is 386 g/mol. The van der Waals surface area contributed by atoms with Crippen molar-refractivity contribution in [2.45, 2.75) is 39.2 Å². The molecule has 0 saturated heterocycles. The quantitative estimate of drug-likeness (QED) is 0.641. The molecule has 4 rings (SSSR count). The second kappa shape index (κ2) is 8.21. The maximum atomic E-state index is 12.8. The summed E-state index contributed by atoms with van der Waals surface area (Å²) in [6.45, 7) is 2.67. The van der Waals surface area contributed by atoms with Crippen LogP contribution in [0.25, 0.3) is 0 Å². The molecule has 6 nitrogen and oxygen atoms in total. The van der Waals surface area contributed by atoms with E-state index >= 15 is 0 Å². The first-order chi connectivity index (χ1) is 14.1. The zero-order chi connectivity index (χ0) is 20.4. The van der Waals surface area contributed by atoms with Gasteiger partial charge in [0.15, 0.2) is 0 Å². The number of esters is 1. The predicted molar refractivity (Wildman–Crippen MR) is 113 cm³/mol. The summed E-state index contributed by atoms with van der Waals surface area (Å²) >= 11 is 1.49. The van der Waals surface area contributed by atoms with E-state index in [4.69, 9.17) is 4.74 Å². The molecule has 150 valence electrons. The summed E-state index contributed by atoms with van der Waals surface area (Å²) in [4.78, 5) is 30.5. The van der Waals surface area contributed by atoms with E-state index in [1.165, 1.54) is 23.3 Å². The largest absolute Gasteiger partial charge is 0.465 e. The van der Waals surface area contributed by atoms with Gasteiger partial charge >= 0.3 is 5.97 Å². The number of fused-ring (bicyclic) bond motifs is 1. The molecule has 0 unspecified atom stereocenters. The number of carbonyl (C=O) groups is 2. The average molecular weight is 410 g/mol. The molecule has 1 aromatic carbocycles. The number of nitrogens with zero attached hydrogens (tertiary/aromatic N) is 2. The predicted octanol–water partition coefficient (Wildman–Crippen LogP) is 4.22. The van der Waals surface area contributed by atoms with Gasteiger partial charge in [-0.15, -0.1) is 11.3 Å². The Kier molecular flexibility index (Phi) is 5.49. The van der Waals surface area contributed by atoms with E-state index in [1.54, 1.807) is 6.20 Å². The smallest absolute Gasteiger partial charge is 0.341 e. The van der Waals surface area contributed by atoms with E-state index in [9.17, 15) is 9.59 Å². The van der Waals surface area contributed by atoms with Gasteiger partial charge in [0.25, 0.3) is 5.91 Å². The standard InChI is InChI=1S/C22H23N3O3S/c1-14-23-11-12-25(14)13-15-7-9-16(10-8-15)20(26)24-21-19(22(27)28-2)17-5-3-4-6-18(17)29-21/h7-12H,3-6,13H2,1-2H3,(H,24,26). The summed E-state index contributed by atoms with van der Waals surface area (Å²) in [6, 6.07) is 7.49. The number of nitrogens with one attached hydrogen (secondary N) is 1. The average Bonchev–Trinajstić information content (AvgIpc) is 3.30. The number of rotatable bonds is 5. The lowest BCUT2D eigenvalue weighted by atomic mass is 9.95. The number of anilines is 1. The molecule has 0 radical (unpaired) electrons. The molecule has 2 aromatic heterocycles. The summed E-state index contributed by atoms with van der Waals surface area (Å²) in [5.41, 5.74) is 3.20. The highest BCUT2D eigenvalue weighted by Crippen LogP contribution is 2.38. The van der Waals surface area contributed by atoms with Gasteiger partial charge in [-0.2, -0.15) is 0 Å². The van der Waals surface area contributed by atoms with Gasteiger partial charge in [0.1, 0.15) is 10.8 Å². The number of thiophene rings is 1. The highest BCUT2D eigenvalue weighted by Gasteiger charge is 2.27. The van der Waals surface area contributed by atoms with Crippen molar-refractivity contribution in [3.63, 3.8) is 0 Å². The molecule has 0 atom stereocenters. The first-order valence-electron chi connectivity index (χ1n) is 9.67. The van der Waals surface area contributed by atoms with Crippen LogP contribution in [0.5, 0.6) is 0 Å². The Morgan fingerprint density at radius 3 is 2.66 bits per heavy atom. The van der Waals surface area contributed by atoms with Gasteiger partial charge < -0.3 is 14.6 Å². The maximum Gasteiger partial charge on any atom is 0.341 e. The molecule has 7 heteroatoms. The normalized spacial score (nSPS) is 13.0. The Morgan fingerprint density at radius 2 is 1.97 bits per heavy atom. The lowest BCUT2D eigenvalue weighted by Gasteiger charge is -2.12. The third-order valence-corrected chi connectivity index (χ3v) is 6.49. The molecule has 0 spiro atoms. The van der Waals surface area contributed by atoms with Crippen molar-refractivity contribution in [3.05, 3.63) is 69.6 Å². The number of aryl methyl sites for hydroxylation is 2. The summed E-state index contributed by atoms with van der Waals surface area (Å²) < 4.78 is 7.02. The molecule has 1 N–H and O–H groups in total. The Morgan fingerprint density at radius 1 is 1.21 bits per heavy atom. The van der Waals surface area contributed by atoms with E-state index < -0.39 is 0 Å². The van der Waals surface area contributed by atoms with Gasteiger partial charge in [0.05, 0.1) is 12.7 Å². The number of imidazole rings is 1. The van der Waals surface area contributed by atoms with Crippen molar-refractivity contribution >= 4 is 28.2 Å². The van der Waals surface area contributed by atoms with Crippen molar-refractivity contribution in [3.8, 4) is 0 Å². The van der Waals surface area contributed by atoms with E-state index in [0.29, 0.717) is 22.7 Å². The van der Waals surface area contributed by atoms with Gasteiger partial charge in [-0.25, -0.2) is 9.78 Å². The number of benzene rings is 1. The molecule has 0 aliphatic heterocycles. The fourth-order valence-electron chi connectivity index (χ4n) is 3.68. The molecule has 0 bridgehead atoms. The molecule has 1 aliphatic rings. The maximum absolute atomic E-state index is 12.8. The zero-order valence-corrected chi connectivity index (χ0v) is 17.3. The number of methoxy groups -OCH3 is 1. The number of ether oxygens (including phenoxy) is 1. The van der Waals surface area contributed by atoms with Crippen LogP contribution >= 0.6 is 11.3 Å². The highest BCUT2D eigenvalue weighted by atomic mass is 32.1. The first kappa shape index (κ1) is 19.4. The van der Waals surface area contributed by atoms with E-state index in [-0.39, 0.29) is 11.9 Å². The molecular formula is C22H23N3O3S. The second-order valence-corrected chi connectivity index (χ2v) is 8.27. The number of hydrogen-bond donors (Lipinski definition) is 1. The topological polar surface area (TPSA) is 73.2 Å². The Hall–Kier alpha value is -2.93. The molecule has 3 aromatic rings. The van der Waals surface area contributed by atoms with Crippen LogP contribution in [0.3, 0.4) is 0 Å². The number of aromatic nitrogens is 2. The van der Waals surface area contributed by atoms with Crippen molar-refractivity contribution in [1.29, 1.82) is 0 Å². The van der Waals surface area contributed by atoms with Gasteiger partial charge in [-0.3, -0.25) is 4.79 Å². The molecule has 29 heavy (non-hydrogen) atoms. The first-order valence-corrected chi connectivity index (χ1v) is 10.5. The van der Waals surface area contributed by atoms with E-state index in [0.717, 1.165) is 42.6 Å². The van der Waals surface area contributed by atoms with Crippen LogP contribution in [0.1, 0.15) is 55.4 Å². The van der Waals surface area contributed by atoms with E-state index in [1.807, 2.05) is 42.0 Å². The fourth-order valence-corrected chi connectivity index (χ4v) is 4.95. The summed E-state index contributed by atoms with van der Waals surface area (Å²) in [6.07, 6.45) is 7.68. The Bertz CT molecular complexity index is 1050. The summed E-state index contributed by atoms with van der Waals surface area (Å²) in [5, 5.41) is 3.53. The zero-order valence-electron chi connectivity index (χ0n) is 16.5. The number of amides is 1. The molecule has 1 aliphatic carbocycles. The van der Waals surface area contributed by atoms with Crippen LogP contribution in [0.15, 0.2) is 36.7 Å². The van der Waals surface area contributed by atoms with E-state index in [2.05, 4.69) is 10.3 Å². The minimum absolute atomic E-state index is 0.223. The van der Waals surface area contributed by atoms with Crippen LogP contribution in [0.2, 0.25) is 0 Å². The molecule has 2 heterocycles. The Balaban J connectivity index is 1.53. The SMILES string of the molecule is COC(=O)c1c(NC(=O)c2ccc(Cn3ccnc3C)cc2)sc2c1CCCC2. The van der Waals surface area contributed by atoms with Gasteiger partial charge in [0, 0.05) is 29.4 Å². The van der Waals surface area contributed by atoms with Gasteiger partial charge in [-0.1, -0.05) is 12.1 Å². The lowest BCUT2D eigenvalue weighted by Crippen LogP contribution is -2.15. The molecule has 0 fully saturated rings. The third kappa shape index (κ3) is 3.96. The van der Waals surface area contributed by atoms with Crippen LogP contribution < -0.4 is 5.32 Å². The highest BCUT2D eigenvalue weighted by molar-refractivity contribution is 7.17. The second-order valence-electron chi connectivity index (χ2n) is 7.16. The fraction of sp³-hybridized carbons (Fsp3) is 0.318. The number of hydrogen-bond acceptors (Lipinski definition) is 5. The van der Waals surface area contributed by atoms with Crippen molar-refractivity contribution < 1.29 is 14.3 Å². The van der Waals surface area contributed by atoms with Crippen LogP contribution in [-0.2, 0) is 24.1 Å². The van der Waals surface area contributed by atoms with Gasteiger partial charge in [-0.05, 0) is 55.9 Å². The monoisotopic (exact) mass is 409 g/mol. The summed E-state index contributed by atoms with van der Waals surface area (Å²) in [7, 11) is 1.38. The van der Waals surface area contributed by atoms with Crippen molar-refractivity contribution in [2.24, 2.45) is 0 Å². The van der Waals surface area contributed by atoms with Crippen molar-refractivity contribution in [1.82, 2.24) is 9.55 Å². The van der Waals surface area contributed by atoms with Crippen LogP contribution in [0.4, 0.5) is 5.00 Å². The Labute approximate surface area is 173 Å². The number of carbonyl (C=O) groups excluding carboxylic acids is 2.